The molecule has 4 heteroatoms. The number of aryl methyl sites for hydroxylation is 1. The first kappa shape index (κ1) is 13.0. The van der Waals surface area contributed by atoms with Crippen molar-refractivity contribution in [1.82, 2.24) is 4.98 Å². The van der Waals surface area contributed by atoms with Gasteiger partial charge in [-0.25, -0.2) is 0 Å². The highest BCUT2D eigenvalue weighted by Crippen LogP contribution is 2.20. The quantitative estimate of drug-likeness (QED) is 0.862. The number of rotatable bonds is 5. The van der Waals surface area contributed by atoms with E-state index in [0.29, 0.717) is 12.3 Å². The second-order valence-electron chi connectivity index (χ2n) is 5.04. The maximum Gasteiger partial charge on any atom is 0.227 e. The zero-order valence-electron chi connectivity index (χ0n) is 10.9. The fourth-order valence-corrected chi connectivity index (χ4v) is 2.16. The van der Waals surface area contributed by atoms with Crippen molar-refractivity contribution < 1.29 is 4.79 Å². The lowest BCUT2D eigenvalue weighted by Gasteiger charge is -2.15. The summed E-state index contributed by atoms with van der Waals surface area (Å²) in [5.41, 5.74) is 7.59. The van der Waals surface area contributed by atoms with Gasteiger partial charge in [-0.3, -0.25) is 9.78 Å². The van der Waals surface area contributed by atoms with Crippen LogP contribution in [0.4, 0.5) is 5.69 Å². The molecule has 4 nitrogen and oxygen atoms in total. The van der Waals surface area contributed by atoms with E-state index in [4.69, 9.17) is 5.73 Å². The molecule has 1 amide bonds. The number of anilines is 1. The van der Waals surface area contributed by atoms with Gasteiger partial charge in [-0.2, -0.15) is 0 Å². The highest BCUT2D eigenvalue weighted by Gasteiger charge is 2.21. The summed E-state index contributed by atoms with van der Waals surface area (Å²) >= 11 is 0. The van der Waals surface area contributed by atoms with E-state index in [2.05, 4.69) is 11.9 Å². The molecule has 0 aromatic carbocycles. The Morgan fingerprint density at radius 3 is 2.89 bits per heavy atom. The van der Waals surface area contributed by atoms with Crippen LogP contribution in [0.3, 0.4) is 0 Å². The van der Waals surface area contributed by atoms with E-state index in [1.807, 2.05) is 23.2 Å². The molecule has 18 heavy (non-hydrogen) atoms. The van der Waals surface area contributed by atoms with E-state index in [-0.39, 0.29) is 5.91 Å². The van der Waals surface area contributed by atoms with Gasteiger partial charge in [0.2, 0.25) is 5.91 Å². The smallest absolute Gasteiger partial charge is 0.227 e. The summed E-state index contributed by atoms with van der Waals surface area (Å²) < 4.78 is 0. The first-order valence-corrected chi connectivity index (χ1v) is 6.66. The van der Waals surface area contributed by atoms with Gasteiger partial charge in [-0.1, -0.05) is 6.92 Å². The van der Waals surface area contributed by atoms with Crippen molar-refractivity contribution in [2.75, 3.05) is 18.0 Å². The molecule has 1 aliphatic rings. The number of hydrogen-bond donors (Lipinski definition) is 1. The Morgan fingerprint density at radius 2 is 2.33 bits per heavy atom. The molecule has 1 unspecified atom stereocenters. The Kier molecular flexibility index (Phi) is 4.31. The fraction of sp³-hybridized carbons (Fsp3) is 0.571. The lowest BCUT2D eigenvalue weighted by molar-refractivity contribution is -0.117. The molecule has 1 atom stereocenters. The summed E-state index contributed by atoms with van der Waals surface area (Å²) in [4.78, 5) is 17.8. The van der Waals surface area contributed by atoms with Gasteiger partial charge >= 0.3 is 0 Å². The van der Waals surface area contributed by atoms with Crippen molar-refractivity contribution in [3.63, 3.8) is 0 Å². The number of nitrogens with two attached hydrogens (primary N) is 1. The molecule has 1 aromatic heterocycles. The van der Waals surface area contributed by atoms with Crippen molar-refractivity contribution in [2.24, 2.45) is 11.7 Å². The van der Waals surface area contributed by atoms with Crippen LogP contribution < -0.4 is 10.6 Å². The Morgan fingerprint density at radius 1 is 1.50 bits per heavy atom. The molecule has 0 bridgehead atoms. The molecule has 0 radical (unpaired) electrons. The summed E-state index contributed by atoms with van der Waals surface area (Å²) in [5, 5.41) is 0. The highest BCUT2D eigenvalue weighted by atomic mass is 16.2. The summed E-state index contributed by atoms with van der Waals surface area (Å²) in [5.74, 6) is 0.743. The van der Waals surface area contributed by atoms with Crippen LogP contribution in [0.5, 0.6) is 0 Å². The molecular weight excluding hydrogens is 226 g/mol. The van der Waals surface area contributed by atoms with Crippen molar-refractivity contribution in [2.45, 2.75) is 32.6 Å². The average Bonchev–Trinajstić information content (AvgIpc) is 2.83. The van der Waals surface area contributed by atoms with Crippen molar-refractivity contribution in [3.8, 4) is 0 Å². The van der Waals surface area contributed by atoms with Crippen LogP contribution in [0.15, 0.2) is 18.3 Å². The van der Waals surface area contributed by atoms with E-state index in [0.717, 1.165) is 43.7 Å². The lowest BCUT2D eigenvalue weighted by Crippen LogP contribution is -2.23. The molecule has 0 spiro atoms. The molecule has 0 aliphatic carbocycles. The van der Waals surface area contributed by atoms with Gasteiger partial charge in [0, 0.05) is 18.7 Å². The van der Waals surface area contributed by atoms with Crippen molar-refractivity contribution in [3.05, 3.63) is 24.0 Å². The minimum Gasteiger partial charge on any atom is -0.330 e. The Hall–Kier alpha value is -1.42. The van der Waals surface area contributed by atoms with Gasteiger partial charge in [0.05, 0.1) is 11.9 Å². The van der Waals surface area contributed by atoms with E-state index in [1.54, 1.807) is 0 Å². The number of carbonyl (C=O) groups excluding carboxylic acids is 1. The SMILES string of the molecule is CC(CN)CCc1ccc(N2CCCC2=O)cn1. The maximum atomic E-state index is 11.6. The predicted molar refractivity (Wildman–Crippen MR) is 72.4 cm³/mol. The van der Waals surface area contributed by atoms with Gasteiger partial charge in [0.25, 0.3) is 0 Å². The number of nitrogens with zero attached hydrogens (tertiary/aromatic N) is 2. The molecule has 2 rings (SSSR count). The van der Waals surface area contributed by atoms with Crippen LogP contribution in [-0.2, 0) is 11.2 Å². The normalized spacial score (nSPS) is 17.2. The molecule has 1 aliphatic heterocycles. The van der Waals surface area contributed by atoms with Crippen LogP contribution >= 0.6 is 0 Å². The summed E-state index contributed by atoms with van der Waals surface area (Å²) in [6.07, 6.45) is 5.44. The summed E-state index contributed by atoms with van der Waals surface area (Å²) in [7, 11) is 0. The summed E-state index contributed by atoms with van der Waals surface area (Å²) in [6.45, 7) is 3.70. The molecular formula is C14H21N3O. The fourth-order valence-electron chi connectivity index (χ4n) is 2.16. The van der Waals surface area contributed by atoms with E-state index in [1.165, 1.54) is 0 Å². The lowest BCUT2D eigenvalue weighted by atomic mass is 10.0. The third kappa shape index (κ3) is 3.07. The predicted octanol–water partition coefficient (Wildman–Crippen LogP) is 1.74. The van der Waals surface area contributed by atoms with Gasteiger partial charge in [0.15, 0.2) is 0 Å². The van der Waals surface area contributed by atoms with Gasteiger partial charge < -0.3 is 10.6 Å². The van der Waals surface area contributed by atoms with Gasteiger partial charge in [-0.05, 0) is 43.9 Å². The maximum absolute atomic E-state index is 11.6. The average molecular weight is 247 g/mol. The number of aromatic nitrogens is 1. The Balaban J connectivity index is 1.95. The third-order valence-electron chi connectivity index (χ3n) is 3.49. The van der Waals surface area contributed by atoms with Crippen LogP contribution in [0, 0.1) is 5.92 Å². The topological polar surface area (TPSA) is 59.2 Å². The first-order valence-electron chi connectivity index (χ1n) is 6.66. The van der Waals surface area contributed by atoms with Crippen molar-refractivity contribution in [1.29, 1.82) is 0 Å². The number of hydrogen-bond acceptors (Lipinski definition) is 3. The van der Waals surface area contributed by atoms with Crippen molar-refractivity contribution >= 4 is 11.6 Å². The van der Waals surface area contributed by atoms with Crippen LogP contribution in [0.2, 0.25) is 0 Å². The number of amides is 1. The standard InChI is InChI=1S/C14H21N3O/c1-11(9-15)4-5-12-6-7-13(10-16-12)17-8-2-3-14(17)18/h6-7,10-11H,2-5,8-9,15H2,1H3. The molecule has 1 fully saturated rings. The molecule has 0 saturated carbocycles. The summed E-state index contributed by atoms with van der Waals surface area (Å²) in [6, 6.07) is 4.02. The molecule has 98 valence electrons. The zero-order valence-corrected chi connectivity index (χ0v) is 10.9. The van der Waals surface area contributed by atoms with E-state index >= 15 is 0 Å². The minimum absolute atomic E-state index is 0.210. The van der Waals surface area contributed by atoms with E-state index in [9.17, 15) is 4.79 Å². The second-order valence-corrected chi connectivity index (χ2v) is 5.04. The number of carbonyl (C=O) groups is 1. The Labute approximate surface area is 108 Å². The Bertz CT molecular complexity index is 402. The van der Waals surface area contributed by atoms with Gasteiger partial charge in [0.1, 0.15) is 0 Å². The highest BCUT2D eigenvalue weighted by molar-refractivity contribution is 5.95. The van der Waals surface area contributed by atoms with Crippen LogP contribution in [-0.4, -0.2) is 24.0 Å². The monoisotopic (exact) mass is 247 g/mol. The van der Waals surface area contributed by atoms with Crippen LogP contribution in [0.1, 0.15) is 31.9 Å². The molecule has 1 saturated heterocycles. The zero-order chi connectivity index (χ0) is 13.0. The second kappa shape index (κ2) is 5.96. The molecule has 2 heterocycles. The largest absolute Gasteiger partial charge is 0.330 e. The number of pyridine rings is 1. The third-order valence-corrected chi connectivity index (χ3v) is 3.49. The molecule has 1 aromatic rings. The van der Waals surface area contributed by atoms with Crippen LogP contribution in [0.25, 0.3) is 0 Å². The minimum atomic E-state index is 0.210. The van der Waals surface area contributed by atoms with E-state index < -0.39 is 0 Å². The molecule has 2 N–H and O–H groups in total. The van der Waals surface area contributed by atoms with Gasteiger partial charge in [-0.15, -0.1) is 0 Å². The first-order chi connectivity index (χ1) is 8.70.